The molecule has 0 bridgehead atoms. The maximum atomic E-state index is 12.5. The molecule has 1 amide bonds. The monoisotopic (exact) mass is 360 g/mol. The van der Waals surface area contributed by atoms with Crippen molar-refractivity contribution < 1.29 is 14.4 Å². The van der Waals surface area contributed by atoms with Gasteiger partial charge in [0, 0.05) is 5.56 Å². The molecule has 0 aromatic heterocycles. The Morgan fingerprint density at radius 2 is 1.96 bits per heavy atom. The molecule has 25 heavy (non-hydrogen) atoms. The minimum absolute atomic E-state index is 0.0841. The fraction of sp³-hybridized carbons (Fsp3) is 0.316. The molecule has 2 aromatic carbocycles. The third-order valence-electron chi connectivity index (χ3n) is 4.30. The van der Waals surface area contributed by atoms with Gasteiger partial charge in [-0.1, -0.05) is 35.9 Å². The molecular formula is C19H23ClN3O2+. The largest absolute Gasteiger partial charge is 0.487 e. The zero-order valence-corrected chi connectivity index (χ0v) is 15.1. The number of rotatable bonds is 5. The summed E-state index contributed by atoms with van der Waals surface area (Å²) < 4.78 is 5.74. The maximum absolute atomic E-state index is 12.5. The van der Waals surface area contributed by atoms with Gasteiger partial charge in [-0.25, -0.2) is 5.01 Å². The fourth-order valence-corrected chi connectivity index (χ4v) is 2.92. The molecule has 0 aliphatic carbocycles. The molecule has 0 atom stereocenters. The molecule has 3 rings (SSSR count). The summed E-state index contributed by atoms with van der Waals surface area (Å²) in [6, 6.07) is 14.8. The molecule has 0 radical (unpaired) electrons. The second-order valence-electron chi connectivity index (χ2n) is 6.30. The van der Waals surface area contributed by atoms with Crippen molar-refractivity contribution >= 4 is 17.5 Å². The first kappa shape index (κ1) is 17.7. The number of halogens is 1. The number of nitrogens with one attached hydrogen (secondary N) is 2. The second kappa shape index (κ2) is 8.34. The molecule has 2 N–H and O–H groups in total. The van der Waals surface area contributed by atoms with E-state index < -0.39 is 0 Å². The van der Waals surface area contributed by atoms with E-state index in [4.69, 9.17) is 16.3 Å². The van der Waals surface area contributed by atoms with E-state index in [1.807, 2.05) is 47.5 Å². The number of ether oxygens (including phenoxy) is 1. The molecule has 5 nitrogen and oxygen atoms in total. The van der Waals surface area contributed by atoms with Crippen molar-refractivity contribution in [3.63, 3.8) is 0 Å². The second-order valence-corrected chi connectivity index (χ2v) is 6.71. The highest BCUT2D eigenvalue weighted by atomic mass is 35.5. The van der Waals surface area contributed by atoms with Crippen molar-refractivity contribution in [2.24, 2.45) is 0 Å². The molecule has 2 aromatic rings. The summed E-state index contributed by atoms with van der Waals surface area (Å²) in [7, 11) is 2.17. The van der Waals surface area contributed by atoms with E-state index in [9.17, 15) is 4.79 Å². The normalized spacial score (nSPS) is 15.8. The van der Waals surface area contributed by atoms with Crippen LogP contribution >= 0.6 is 11.6 Å². The van der Waals surface area contributed by atoms with Crippen molar-refractivity contribution in [1.82, 2.24) is 10.4 Å². The molecule has 1 heterocycles. The topological polar surface area (TPSA) is 46.0 Å². The van der Waals surface area contributed by atoms with Gasteiger partial charge in [-0.15, -0.1) is 0 Å². The third-order valence-corrected chi connectivity index (χ3v) is 4.61. The lowest BCUT2D eigenvalue weighted by Gasteiger charge is -2.30. The van der Waals surface area contributed by atoms with Crippen LogP contribution in [0.3, 0.4) is 0 Å². The number of carbonyl (C=O) groups excluding carboxylic acids is 1. The van der Waals surface area contributed by atoms with Crippen LogP contribution in [0.1, 0.15) is 15.9 Å². The van der Waals surface area contributed by atoms with E-state index in [-0.39, 0.29) is 5.91 Å². The molecule has 0 unspecified atom stereocenters. The third kappa shape index (κ3) is 4.95. The Morgan fingerprint density at radius 3 is 2.72 bits per heavy atom. The minimum Gasteiger partial charge on any atom is -0.487 e. The summed E-state index contributed by atoms with van der Waals surface area (Å²) >= 11 is 6.09. The number of hydrogen-bond donors (Lipinski definition) is 2. The Balaban J connectivity index is 1.59. The highest BCUT2D eigenvalue weighted by Gasteiger charge is 2.18. The van der Waals surface area contributed by atoms with Gasteiger partial charge >= 0.3 is 0 Å². The van der Waals surface area contributed by atoms with Crippen LogP contribution in [0.15, 0.2) is 48.5 Å². The number of likely N-dealkylation sites (N-methyl/N-ethyl adjacent to an activating group) is 1. The molecule has 1 fully saturated rings. The van der Waals surface area contributed by atoms with Crippen molar-refractivity contribution in [3.8, 4) is 5.75 Å². The summed E-state index contributed by atoms with van der Waals surface area (Å²) in [5.41, 5.74) is 4.54. The van der Waals surface area contributed by atoms with Crippen LogP contribution in [0.5, 0.6) is 5.75 Å². The Labute approximate surface area is 153 Å². The van der Waals surface area contributed by atoms with Crippen LogP contribution in [0, 0.1) is 0 Å². The van der Waals surface area contributed by atoms with Gasteiger partial charge in [0.05, 0.1) is 38.2 Å². The van der Waals surface area contributed by atoms with Crippen LogP contribution in [0.2, 0.25) is 5.02 Å². The molecule has 1 aliphatic heterocycles. The predicted octanol–water partition coefficient (Wildman–Crippen LogP) is 1.39. The number of piperazine rings is 1. The van der Waals surface area contributed by atoms with Gasteiger partial charge in [0.15, 0.2) is 0 Å². The number of amides is 1. The maximum Gasteiger partial charge on any atom is 0.265 e. The Morgan fingerprint density at radius 1 is 1.20 bits per heavy atom. The van der Waals surface area contributed by atoms with Gasteiger partial charge in [-0.05, 0) is 29.8 Å². The summed E-state index contributed by atoms with van der Waals surface area (Å²) in [5, 5.41) is 2.57. The highest BCUT2D eigenvalue weighted by molar-refractivity contribution is 6.32. The van der Waals surface area contributed by atoms with Crippen molar-refractivity contribution in [1.29, 1.82) is 0 Å². The van der Waals surface area contributed by atoms with Crippen LogP contribution in [0.25, 0.3) is 0 Å². The van der Waals surface area contributed by atoms with E-state index in [0.717, 1.165) is 31.7 Å². The molecular weight excluding hydrogens is 338 g/mol. The molecule has 0 saturated carbocycles. The molecule has 0 spiro atoms. The Hall–Kier alpha value is -2.08. The van der Waals surface area contributed by atoms with Crippen molar-refractivity contribution in [2.75, 3.05) is 33.2 Å². The standard InChI is InChI=1S/C19H22ClN3O2/c1-22-9-11-23(12-10-22)21-19(24)16-6-4-5-15(13-16)14-25-18-8-3-2-7-17(18)20/h2-8,13H,9-12,14H2,1H3,(H,21,24)/p+1. The molecule has 1 saturated heterocycles. The van der Waals surface area contributed by atoms with E-state index in [0.29, 0.717) is 22.9 Å². The van der Waals surface area contributed by atoms with Gasteiger partial charge in [-0.3, -0.25) is 10.2 Å². The van der Waals surface area contributed by atoms with Crippen molar-refractivity contribution in [2.45, 2.75) is 6.61 Å². The number of nitrogens with zero attached hydrogens (tertiary/aromatic N) is 1. The van der Waals surface area contributed by atoms with Crippen LogP contribution in [-0.4, -0.2) is 44.1 Å². The number of para-hydroxylation sites is 1. The smallest absolute Gasteiger partial charge is 0.265 e. The van der Waals surface area contributed by atoms with Gasteiger partial charge in [0.1, 0.15) is 12.4 Å². The van der Waals surface area contributed by atoms with Gasteiger partial charge in [-0.2, -0.15) is 0 Å². The lowest BCUT2D eigenvalue weighted by molar-refractivity contribution is -0.884. The molecule has 6 heteroatoms. The van der Waals surface area contributed by atoms with E-state index in [2.05, 4.69) is 12.5 Å². The van der Waals surface area contributed by atoms with Crippen LogP contribution in [0.4, 0.5) is 0 Å². The van der Waals surface area contributed by atoms with E-state index in [1.54, 1.807) is 6.07 Å². The zero-order valence-electron chi connectivity index (χ0n) is 14.3. The van der Waals surface area contributed by atoms with Crippen molar-refractivity contribution in [3.05, 3.63) is 64.7 Å². The quantitative estimate of drug-likeness (QED) is 0.847. The highest BCUT2D eigenvalue weighted by Crippen LogP contribution is 2.24. The summed E-state index contributed by atoms with van der Waals surface area (Å²) in [5.74, 6) is 0.554. The average molecular weight is 361 g/mol. The molecule has 132 valence electrons. The first-order valence-electron chi connectivity index (χ1n) is 8.45. The summed E-state index contributed by atoms with van der Waals surface area (Å²) in [4.78, 5) is 13.9. The number of quaternary nitrogens is 1. The number of benzene rings is 2. The lowest BCUT2D eigenvalue weighted by Crippen LogP contribution is -3.12. The van der Waals surface area contributed by atoms with E-state index in [1.165, 1.54) is 4.90 Å². The number of hydrogen-bond acceptors (Lipinski definition) is 3. The van der Waals surface area contributed by atoms with E-state index >= 15 is 0 Å². The number of carbonyl (C=O) groups is 1. The van der Waals surface area contributed by atoms with Gasteiger partial charge in [0.2, 0.25) is 0 Å². The first-order valence-corrected chi connectivity index (χ1v) is 8.83. The minimum atomic E-state index is -0.0841. The summed E-state index contributed by atoms with van der Waals surface area (Å²) in [6.45, 7) is 4.17. The van der Waals surface area contributed by atoms with Crippen LogP contribution in [-0.2, 0) is 6.61 Å². The lowest BCUT2D eigenvalue weighted by atomic mass is 10.1. The fourth-order valence-electron chi connectivity index (χ4n) is 2.73. The first-order chi connectivity index (χ1) is 12.1. The Kier molecular flexibility index (Phi) is 5.91. The molecule has 1 aliphatic rings. The van der Waals surface area contributed by atoms with Gasteiger partial charge < -0.3 is 9.64 Å². The summed E-state index contributed by atoms with van der Waals surface area (Å²) in [6.07, 6.45) is 0. The number of hydrazine groups is 1. The Bertz CT molecular complexity index is 730. The van der Waals surface area contributed by atoms with Gasteiger partial charge in [0.25, 0.3) is 5.91 Å². The average Bonchev–Trinajstić information content (AvgIpc) is 2.63. The predicted molar refractivity (Wildman–Crippen MR) is 97.9 cm³/mol. The SMILES string of the molecule is C[NH+]1CCN(NC(=O)c2cccc(COc3ccccc3Cl)c2)CC1. The zero-order chi connectivity index (χ0) is 17.6. The van der Waals surface area contributed by atoms with Crippen LogP contribution < -0.4 is 15.1 Å².